The van der Waals surface area contributed by atoms with Crippen molar-refractivity contribution < 1.29 is 73.2 Å². The summed E-state index contributed by atoms with van der Waals surface area (Å²) < 4.78 is 25.1. The van der Waals surface area contributed by atoms with E-state index in [1.54, 1.807) is 27.7 Å². The van der Waals surface area contributed by atoms with Crippen molar-refractivity contribution in [2.45, 2.75) is 204 Å². The Morgan fingerprint density at radius 1 is 0.850 bits per heavy atom. The van der Waals surface area contributed by atoms with E-state index in [2.05, 4.69) is 43.5 Å². The first-order valence-electron chi connectivity index (χ1n) is 28.1. The van der Waals surface area contributed by atoms with Gasteiger partial charge in [-0.05, 0) is 37.5 Å². The minimum Gasteiger partial charge on any atom is -0.480 e. The van der Waals surface area contributed by atoms with Gasteiger partial charge in [0.2, 0.25) is 23.6 Å². The summed E-state index contributed by atoms with van der Waals surface area (Å²) in [6.45, 7) is 8.33. The summed E-state index contributed by atoms with van der Waals surface area (Å²) in [5.41, 5.74) is 10.1. The first-order valence-corrected chi connectivity index (χ1v) is 28.1. The predicted molar refractivity (Wildman–Crippen MR) is 287 cm³/mol. The molecule has 28 nitrogen and oxygen atoms in total. The number of imide groups is 1. The number of hydrogen-bond donors (Lipinski definition) is 13. The van der Waals surface area contributed by atoms with Gasteiger partial charge in [0, 0.05) is 45.6 Å². The summed E-state index contributed by atoms with van der Waals surface area (Å²) >= 11 is 0. The van der Waals surface area contributed by atoms with E-state index in [1.807, 2.05) is 0 Å². The van der Waals surface area contributed by atoms with Gasteiger partial charge >= 0.3 is 17.7 Å². The smallest absolute Gasteiger partial charge is 0.330 e. The number of unbranched alkanes of at least 4 members (excludes halogenated alkanes) is 9. The number of guanidine groups is 1. The molecule has 4 aliphatic rings. The molecule has 5 heterocycles. The van der Waals surface area contributed by atoms with Crippen LogP contribution in [0.2, 0.25) is 0 Å². The number of methoxy groups -OCH3 is 1. The second-order valence-electron chi connectivity index (χ2n) is 21.8. The number of urea groups is 1. The van der Waals surface area contributed by atoms with Gasteiger partial charge in [0.05, 0.1) is 24.0 Å². The monoisotopic (exact) mass is 1140 g/mol. The van der Waals surface area contributed by atoms with Crippen LogP contribution in [-0.2, 0) is 42.9 Å². The second kappa shape index (κ2) is 31.0. The van der Waals surface area contributed by atoms with E-state index in [0.29, 0.717) is 12.8 Å². The molecule has 0 radical (unpaired) electrons. The number of aliphatic hydroxyl groups is 4. The van der Waals surface area contributed by atoms with Gasteiger partial charge in [0.1, 0.15) is 60.9 Å². The van der Waals surface area contributed by atoms with Crippen molar-refractivity contribution in [2.75, 3.05) is 33.3 Å². The van der Waals surface area contributed by atoms with Crippen molar-refractivity contribution in [3.8, 4) is 0 Å². The number of ether oxygens (including phenoxy) is 4. The number of carboxylic acid groups (broad SMARTS) is 1. The Balaban J connectivity index is 1.41. The summed E-state index contributed by atoms with van der Waals surface area (Å²) in [6, 6.07) is -5.33. The fraction of sp³-hybridized carbons (Fsp3) is 0.788. The number of nitrogens with two attached hydrogens (primary N) is 2. The maximum absolute atomic E-state index is 15.0. The van der Waals surface area contributed by atoms with E-state index in [0.717, 1.165) is 60.3 Å². The average Bonchev–Trinajstić information content (AvgIpc) is 4.08. The van der Waals surface area contributed by atoms with Crippen molar-refractivity contribution in [1.29, 1.82) is 0 Å². The van der Waals surface area contributed by atoms with Crippen molar-refractivity contribution in [1.82, 2.24) is 41.0 Å². The molecule has 0 aromatic carbocycles. The van der Waals surface area contributed by atoms with Crippen molar-refractivity contribution in [2.24, 2.45) is 40.1 Å². The summed E-state index contributed by atoms with van der Waals surface area (Å²) in [4.78, 5) is 115. The molecule has 0 saturated carbocycles. The Morgan fingerprint density at radius 2 is 1.51 bits per heavy atom. The van der Waals surface area contributed by atoms with Crippen LogP contribution in [0.15, 0.2) is 26.8 Å². The maximum Gasteiger partial charge on any atom is 0.330 e. The van der Waals surface area contributed by atoms with E-state index < -0.39 is 156 Å². The number of amides is 6. The molecule has 0 aliphatic carbocycles. The third-order valence-corrected chi connectivity index (χ3v) is 15.3. The van der Waals surface area contributed by atoms with Gasteiger partial charge in [-0.1, -0.05) is 92.4 Å². The number of carbonyl (C=O) groups is 6. The van der Waals surface area contributed by atoms with E-state index in [9.17, 15) is 63.9 Å². The number of rotatable bonds is 32. The van der Waals surface area contributed by atoms with Crippen LogP contribution in [0.5, 0.6) is 0 Å². The molecular formula is C52H87N11O17. The average molecular weight is 1140 g/mol. The lowest BCUT2D eigenvalue weighted by molar-refractivity contribution is -0.236. The number of nitrogens with zero attached hydrogens (tertiary/aromatic N) is 3. The second-order valence-corrected chi connectivity index (χ2v) is 21.8. The van der Waals surface area contributed by atoms with Gasteiger partial charge in [-0.3, -0.25) is 43.4 Å². The van der Waals surface area contributed by atoms with E-state index >= 15 is 0 Å². The number of carbonyl (C=O) groups excluding carboxylic acids is 5. The highest BCUT2D eigenvalue weighted by molar-refractivity contribution is 6.05. The number of hydrogen-bond acceptors (Lipinski definition) is 20. The number of nitrogens with one attached hydrogen (secondary N) is 6. The van der Waals surface area contributed by atoms with Crippen LogP contribution >= 0.6 is 0 Å². The Hall–Kier alpha value is -5.59. The highest BCUT2D eigenvalue weighted by Gasteiger charge is 2.59. The van der Waals surface area contributed by atoms with E-state index in [-0.39, 0.29) is 51.4 Å². The van der Waals surface area contributed by atoms with Crippen LogP contribution in [0, 0.1) is 23.7 Å². The summed E-state index contributed by atoms with van der Waals surface area (Å²) in [6.07, 6.45) is -4.38. The van der Waals surface area contributed by atoms with Crippen LogP contribution in [-0.4, -0.2) is 194 Å². The number of aliphatic carboxylic acids is 1. The molecule has 15 N–H and O–H groups in total. The summed E-state index contributed by atoms with van der Waals surface area (Å²) in [7, 11) is 1.27. The molecule has 3 fully saturated rings. The van der Waals surface area contributed by atoms with E-state index in [4.69, 9.17) is 30.4 Å². The normalized spacial score (nSPS) is 27.8. The lowest BCUT2D eigenvalue weighted by atomic mass is 9.82. The molecule has 8 unspecified atom stereocenters. The molecule has 3 saturated heterocycles. The zero-order valence-electron chi connectivity index (χ0n) is 46.7. The quantitative estimate of drug-likeness (QED) is 0.0273. The third kappa shape index (κ3) is 16.8. The summed E-state index contributed by atoms with van der Waals surface area (Å²) in [5.74, 6) is -8.37. The summed E-state index contributed by atoms with van der Waals surface area (Å²) in [5, 5.41) is 68.3. The van der Waals surface area contributed by atoms with Crippen LogP contribution < -0.4 is 49.3 Å². The molecule has 6 amide bonds. The Kier molecular flexibility index (Phi) is 25.3. The number of H-pyrrole nitrogens is 1. The Bertz CT molecular complexity index is 2370. The zero-order chi connectivity index (χ0) is 59.0. The minimum absolute atomic E-state index is 0.0145. The lowest BCUT2D eigenvalue weighted by Gasteiger charge is -2.34. The molecule has 28 heteroatoms. The molecule has 1 aromatic heterocycles. The number of aromatic nitrogens is 2. The standard InChI is InChI=1S/C52H87N11O17/c1-7-8-9-10-11-12-13-14-15-16-23-62-45(71)28(32(46(62)72)40(80-49-42(77-6)37(66)30(25-53)78-49)41-38(67)39(68)47(79-41)63-24-20-31(64)58-52(63)76)18-17-21-55-43(69)35(36(65)27(4)5)59-44(70)34(29-19-22-56-50(54)57-29)61-51(75)60-33(26(2)3)48(73)74/h20,24,26-30,32-42,47,49,65-68H,7-19,21-23,25,53H2,1-6H3,(H,55,69)(H,59,70)(H,73,74)(H3,54,56,57)(H,58,64,76)(H2,60,61,75)/t28?,29?,30-,32?,33?,34?,35?,36?,37-,38+,39-,40?,41+,42-,47-,49+/m1/s1. The molecule has 452 valence electrons. The van der Waals surface area contributed by atoms with Gasteiger partial charge in [0.25, 0.3) is 5.56 Å². The van der Waals surface area contributed by atoms with Gasteiger partial charge in [-0.2, -0.15) is 0 Å². The third-order valence-electron chi connectivity index (χ3n) is 15.3. The maximum atomic E-state index is 15.0. The van der Waals surface area contributed by atoms with Gasteiger partial charge < -0.3 is 82.5 Å². The predicted octanol–water partition coefficient (Wildman–Crippen LogP) is -2.03. The molecule has 5 rings (SSSR count). The van der Waals surface area contributed by atoms with Crippen molar-refractivity contribution in [3.63, 3.8) is 0 Å². The Labute approximate surface area is 464 Å². The van der Waals surface area contributed by atoms with Crippen LogP contribution in [0.1, 0.15) is 124 Å². The first kappa shape index (κ1) is 65.2. The fourth-order valence-corrected chi connectivity index (χ4v) is 10.7. The van der Waals surface area contributed by atoms with Crippen molar-refractivity contribution >= 4 is 41.6 Å². The van der Waals surface area contributed by atoms with Crippen LogP contribution in [0.4, 0.5) is 4.79 Å². The van der Waals surface area contributed by atoms with Gasteiger partial charge in [0.15, 0.2) is 18.5 Å². The highest BCUT2D eigenvalue weighted by Crippen LogP contribution is 2.42. The van der Waals surface area contributed by atoms with Gasteiger partial charge in [-0.15, -0.1) is 0 Å². The number of carboxylic acids is 1. The topological polar surface area (TPSA) is 423 Å². The lowest BCUT2D eigenvalue weighted by Crippen LogP contribution is -2.66. The number of aliphatic hydroxyl groups excluding tert-OH is 4. The zero-order valence-corrected chi connectivity index (χ0v) is 46.7. The molecule has 16 atom stereocenters. The fourth-order valence-electron chi connectivity index (χ4n) is 10.7. The largest absolute Gasteiger partial charge is 0.480 e. The molecule has 4 aliphatic heterocycles. The molecule has 80 heavy (non-hydrogen) atoms. The van der Waals surface area contributed by atoms with Crippen molar-refractivity contribution in [3.05, 3.63) is 33.1 Å². The molecular weight excluding hydrogens is 1050 g/mol. The number of likely N-dealkylation sites (tertiary alicyclic amines) is 1. The van der Waals surface area contributed by atoms with Crippen LogP contribution in [0.25, 0.3) is 0 Å². The minimum atomic E-state index is -1.90. The first-order chi connectivity index (χ1) is 38.1. The van der Waals surface area contributed by atoms with E-state index in [1.165, 1.54) is 20.0 Å². The van der Waals surface area contributed by atoms with Gasteiger partial charge in [-0.25, -0.2) is 14.4 Å². The number of aromatic amines is 1. The van der Waals surface area contributed by atoms with Crippen LogP contribution in [0.3, 0.4) is 0 Å². The highest BCUT2D eigenvalue weighted by atomic mass is 16.7. The molecule has 0 spiro atoms. The molecule has 1 aromatic rings. The number of aliphatic imine (C=N–C) groups is 1. The molecule has 0 bridgehead atoms. The Morgan fingerprint density at radius 3 is 2.10 bits per heavy atom. The SMILES string of the molecule is CCCCCCCCCCCCN1C(=O)C(CCCNC(=O)C(NC(=O)C(NC(=O)NC(C(=O)O)C(C)C)C2CCN=C(N)N2)C(O)C(C)C)C(C(O[C@@H]2O[C@H](CN)[C@@H](O)[C@H]2OC)[C@H]2O[C@@H](n3ccc(=O)[nH]c3=O)[C@H](O)[C@@H]2O)C1=O.